The normalized spacial score (nSPS) is 21.2. The van der Waals surface area contributed by atoms with Crippen molar-refractivity contribution in [1.82, 2.24) is 9.80 Å². The van der Waals surface area contributed by atoms with Gasteiger partial charge in [0.05, 0.1) is 17.8 Å². The van der Waals surface area contributed by atoms with Crippen LogP contribution in [0, 0.1) is 11.7 Å². The van der Waals surface area contributed by atoms with E-state index >= 15 is 0 Å². The van der Waals surface area contributed by atoms with E-state index in [9.17, 15) is 18.8 Å². The van der Waals surface area contributed by atoms with Crippen molar-refractivity contribution >= 4 is 23.4 Å². The molecule has 3 aliphatic rings. The van der Waals surface area contributed by atoms with E-state index < -0.39 is 6.04 Å². The Balaban J connectivity index is 1.47. The third-order valence-electron chi connectivity index (χ3n) is 5.87. The molecule has 1 N–H and O–H groups in total. The topological polar surface area (TPSA) is 69.7 Å². The molecule has 0 bridgehead atoms. The minimum Gasteiger partial charge on any atom is -0.338 e. The predicted molar refractivity (Wildman–Crippen MR) is 105 cm³/mol. The quantitative estimate of drug-likeness (QED) is 0.852. The highest BCUT2D eigenvalue weighted by molar-refractivity contribution is 6.10. The number of carbonyl (C=O) groups excluding carboxylic acids is 3. The molecule has 2 aromatic rings. The molecule has 2 aromatic carbocycles. The van der Waals surface area contributed by atoms with E-state index in [1.54, 1.807) is 41.3 Å². The smallest absolute Gasteiger partial charge is 0.256 e. The summed E-state index contributed by atoms with van der Waals surface area (Å²) >= 11 is 0. The van der Waals surface area contributed by atoms with Crippen LogP contribution in [0.5, 0.6) is 0 Å². The summed E-state index contributed by atoms with van der Waals surface area (Å²) in [7, 11) is 0. The largest absolute Gasteiger partial charge is 0.338 e. The first kappa shape index (κ1) is 17.8. The number of rotatable bonds is 2. The lowest BCUT2D eigenvalue weighted by Gasteiger charge is -2.39. The maximum atomic E-state index is 14.2. The molecule has 1 saturated carbocycles. The summed E-state index contributed by atoms with van der Waals surface area (Å²) in [6.07, 6.45) is 1.80. The molecule has 1 aliphatic carbocycles. The van der Waals surface area contributed by atoms with E-state index in [2.05, 4.69) is 5.32 Å². The van der Waals surface area contributed by atoms with Crippen molar-refractivity contribution < 1.29 is 18.8 Å². The molecule has 0 aromatic heterocycles. The number of hydrogen-bond donors (Lipinski definition) is 1. The molecule has 148 valence electrons. The van der Waals surface area contributed by atoms with Crippen LogP contribution in [0.2, 0.25) is 0 Å². The highest BCUT2D eigenvalue weighted by Crippen LogP contribution is 2.34. The maximum absolute atomic E-state index is 14.2. The number of amides is 3. The Bertz CT molecular complexity index is 1030. The second-order valence-electron chi connectivity index (χ2n) is 7.80. The lowest BCUT2D eigenvalue weighted by Crippen LogP contribution is -2.59. The summed E-state index contributed by atoms with van der Waals surface area (Å²) in [4.78, 5) is 41.7. The van der Waals surface area contributed by atoms with Crippen LogP contribution in [0.25, 0.3) is 11.1 Å². The minimum atomic E-state index is -0.719. The number of piperazine rings is 1. The highest BCUT2D eigenvalue weighted by Gasteiger charge is 2.43. The number of benzene rings is 2. The van der Waals surface area contributed by atoms with Crippen LogP contribution in [0.4, 0.5) is 10.1 Å². The summed E-state index contributed by atoms with van der Waals surface area (Å²) in [6, 6.07) is 10.6. The third kappa shape index (κ3) is 3.06. The molecule has 5 rings (SSSR count). The van der Waals surface area contributed by atoms with Gasteiger partial charge in [0.15, 0.2) is 0 Å². The van der Waals surface area contributed by atoms with Crippen molar-refractivity contribution in [3.8, 4) is 11.1 Å². The summed E-state index contributed by atoms with van der Waals surface area (Å²) in [5, 5.41) is 2.82. The van der Waals surface area contributed by atoms with Gasteiger partial charge >= 0.3 is 0 Å². The van der Waals surface area contributed by atoms with Crippen LogP contribution < -0.4 is 5.32 Å². The molecule has 7 heteroatoms. The zero-order valence-corrected chi connectivity index (χ0v) is 15.7. The van der Waals surface area contributed by atoms with Crippen molar-refractivity contribution in [2.45, 2.75) is 18.9 Å². The second kappa shape index (κ2) is 6.69. The van der Waals surface area contributed by atoms with Crippen LogP contribution in [0.1, 0.15) is 23.2 Å². The van der Waals surface area contributed by atoms with Gasteiger partial charge in [-0.2, -0.15) is 0 Å². The highest BCUT2D eigenvalue weighted by atomic mass is 19.1. The Morgan fingerprint density at radius 1 is 1.03 bits per heavy atom. The number of nitrogens with one attached hydrogen (secondary N) is 1. The molecule has 2 aliphatic heterocycles. The van der Waals surface area contributed by atoms with E-state index in [0.717, 1.165) is 12.8 Å². The molecule has 2 fully saturated rings. The number of halogens is 1. The molecule has 3 amide bonds. The number of hydrogen-bond acceptors (Lipinski definition) is 3. The van der Waals surface area contributed by atoms with Crippen molar-refractivity contribution in [2.75, 3.05) is 25.0 Å². The van der Waals surface area contributed by atoms with Crippen molar-refractivity contribution in [3.05, 3.63) is 53.8 Å². The standard InChI is InChI=1S/C22H20FN3O3/c23-17-4-2-1-3-15(17)14-7-8-18-16(11-14)22(29)26-10-9-25(21(28)13-5-6-13)12-19(26)20(27)24-18/h1-4,7-8,11,13,19H,5-6,9-10,12H2,(H,24,27). The van der Waals surface area contributed by atoms with Crippen LogP contribution in [0.3, 0.4) is 0 Å². The van der Waals surface area contributed by atoms with Gasteiger partial charge in [-0.3, -0.25) is 14.4 Å². The van der Waals surface area contributed by atoms with Gasteiger partial charge in [-0.15, -0.1) is 0 Å². The maximum Gasteiger partial charge on any atom is 0.256 e. The van der Waals surface area contributed by atoms with E-state index in [-0.39, 0.29) is 36.0 Å². The molecule has 6 nitrogen and oxygen atoms in total. The lowest BCUT2D eigenvalue weighted by atomic mass is 10.0. The average molecular weight is 393 g/mol. The molecule has 1 saturated heterocycles. The van der Waals surface area contributed by atoms with Crippen molar-refractivity contribution in [1.29, 1.82) is 0 Å². The van der Waals surface area contributed by atoms with Gasteiger partial charge in [0.2, 0.25) is 11.8 Å². The Hall–Kier alpha value is -3.22. The Morgan fingerprint density at radius 2 is 1.83 bits per heavy atom. The Labute approximate surface area is 167 Å². The van der Waals surface area contributed by atoms with Gasteiger partial charge < -0.3 is 15.1 Å². The number of carbonyl (C=O) groups is 3. The Morgan fingerprint density at radius 3 is 2.59 bits per heavy atom. The van der Waals surface area contributed by atoms with Crippen LogP contribution in [-0.4, -0.2) is 53.2 Å². The second-order valence-corrected chi connectivity index (χ2v) is 7.80. The van der Waals surface area contributed by atoms with Gasteiger partial charge in [0, 0.05) is 24.6 Å². The Kier molecular flexibility index (Phi) is 4.12. The minimum absolute atomic E-state index is 0.0756. The van der Waals surface area contributed by atoms with Crippen molar-refractivity contribution in [2.24, 2.45) is 5.92 Å². The zero-order chi connectivity index (χ0) is 20.1. The first-order valence-corrected chi connectivity index (χ1v) is 9.82. The molecular formula is C22H20FN3O3. The number of fused-ring (bicyclic) bond motifs is 2. The van der Waals surface area contributed by atoms with Gasteiger partial charge in [0.1, 0.15) is 11.9 Å². The molecular weight excluding hydrogens is 373 g/mol. The molecule has 0 radical (unpaired) electrons. The summed E-state index contributed by atoms with van der Waals surface area (Å²) < 4.78 is 14.2. The van der Waals surface area contributed by atoms with Crippen molar-refractivity contribution in [3.63, 3.8) is 0 Å². The third-order valence-corrected chi connectivity index (χ3v) is 5.87. The van der Waals surface area contributed by atoms with Gasteiger partial charge in [-0.25, -0.2) is 4.39 Å². The summed E-state index contributed by atoms with van der Waals surface area (Å²) in [5.74, 6) is -0.799. The predicted octanol–water partition coefficient (Wildman–Crippen LogP) is 2.51. The SMILES string of the molecule is O=C1Nc2ccc(-c3ccccc3F)cc2C(=O)N2CCN(C(=O)C3CC3)CC12. The number of anilines is 1. The van der Waals surface area contributed by atoms with Crippen LogP contribution in [0.15, 0.2) is 42.5 Å². The average Bonchev–Trinajstić information content (AvgIpc) is 3.58. The first-order valence-electron chi connectivity index (χ1n) is 9.82. The lowest BCUT2D eigenvalue weighted by molar-refractivity contribution is -0.136. The summed E-state index contributed by atoms with van der Waals surface area (Å²) in [5.41, 5.74) is 1.72. The van der Waals surface area contributed by atoms with E-state index in [1.807, 2.05) is 0 Å². The fourth-order valence-electron chi connectivity index (χ4n) is 4.10. The van der Waals surface area contributed by atoms with E-state index in [0.29, 0.717) is 35.5 Å². The fraction of sp³-hybridized carbons (Fsp3) is 0.318. The van der Waals surface area contributed by atoms with Gasteiger partial charge in [-0.05, 0) is 36.6 Å². The first-order chi connectivity index (χ1) is 14.0. The summed E-state index contributed by atoms with van der Waals surface area (Å²) in [6.45, 7) is 0.938. The molecule has 1 atom stereocenters. The van der Waals surface area contributed by atoms with Gasteiger partial charge in [0.25, 0.3) is 5.91 Å². The van der Waals surface area contributed by atoms with Gasteiger partial charge in [-0.1, -0.05) is 24.3 Å². The monoisotopic (exact) mass is 393 g/mol. The molecule has 0 spiro atoms. The fourth-order valence-corrected chi connectivity index (χ4v) is 4.10. The van der Waals surface area contributed by atoms with Crippen LogP contribution in [-0.2, 0) is 9.59 Å². The molecule has 2 heterocycles. The molecule has 1 unspecified atom stereocenters. The van der Waals surface area contributed by atoms with E-state index in [1.165, 1.54) is 11.0 Å². The molecule has 29 heavy (non-hydrogen) atoms. The van der Waals surface area contributed by atoms with E-state index in [4.69, 9.17) is 0 Å². The van der Waals surface area contributed by atoms with Crippen LogP contribution >= 0.6 is 0 Å². The number of nitrogens with zero attached hydrogens (tertiary/aromatic N) is 2. The zero-order valence-electron chi connectivity index (χ0n) is 15.7.